The molecule has 0 amide bonds. The van der Waals surface area contributed by atoms with E-state index in [-0.39, 0.29) is 28.8 Å². The van der Waals surface area contributed by atoms with Crippen LogP contribution in [0.1, 0.15) is 93.9 Å². The van der Waals surface area contributed by atoms with Crippen LogP contribution in [0.15, 0.2) is 48.1 Å². The van der Waals surface area contributed by atoms with Crippen molar-refractivity contribution in [3.63, 3.8) is 0 Å². The van der Waals surface area contributed by atoms with Crippen molar-refractivity contribution in [2.75, 3.05) is 6.61 Å². The van der Waals surface area contributed by atoms with Crippen molar-refractivity contribution >= 4 is 14.1 Å². The number of carbonyl (C=O) groups excluding carboxylic acids is 1. The van der Waals surface area contributed by atoms with Gasteiger partial charge in [-0.05, 0) is 75.1 Å². The lowest BCUT2D eigenvalue weighted by Gasteiger charge is -2.43. The average Bonchev–Trinajstić information content (AvgIpc) is 3.08. The molecule has 34 heavy (non-hydrogen) atoms. The minimum atomic E-state index is -1.67. The third kappa shape index (κ3) is 12.5. The van der Waals surface area contributed by atoms with Gasteiger partial charge in [0.15, 0.2) is 14.1 Å². The van der Waals surface area contributed by atoms with E-state index in [2.05, 4.69) is 85.9 Å². The van der Waals surface area contributed by atoms with Crippen LogP contribution in [0.25, 0.3) is 0 Å². The molecule has 0 radical (unpaired) electrons. The molecule has 0 bridgehead atoms. The van der Waals surface area contributed by atoms with E-state index in [1.807, 2.05) is 19.1 Å². The first kappa shape index (κ1) is 32.8. The molecule has 4 heteroatoms. The molecule has 1 aliphatic carbocycles. The average molecular weight is 491 g/mol. The summed E-state index contributed by atoms with van der Waals surface area (Å²) in [6.45, 7) is 22.8. The van der Waals surface area contributed by atoms with Gasteiger partial charge in [-0.2, -0.15) is 0 Å². The predicted octanol–water partition coefficient (Wildman–Crippen LogP) is 8.58. The normalized spacial score (nSPS) is 19.3. The Labute approximate surface area is 212 Å². The van der Waals surface area contributed by atoms with Gasteiger partial charge in [-0.15, -0.1) is 0 Å². The zero-order valence-corrected chi connectivity index (χ0v) is 24.9. The van der Waals surface area contributed by atoms with Crippen LogP contribution in [0.5, 0.6) is 0 Å². The highest BCUT2D eigenvalue weighted by atomic mass is 28.4. The van der Waals surface area contributed by atoms with E-state index in [0.717, 1.165) is 44.1 Å². The van der Waals surface area contributed by atoms with E-state index in [0.29, 0.717) is 6.10 Å². The van der Waals surface area contributed by atoms with E-state index in [4.69, 9.17) is 9.53 Å². The number of aliphatic hydroxyl groups excluding tert-OH is 1. The molecule has 0 saturated heterocycles. The molecule has 1 rings (SSSR count). The number of ketones is 1. The lowest BCUT2D eigenvalue weighted by atomic mass is 9.87. The fourth-order valence-corrected chi connectivity index (χ4v) is 4.89. The van der Waals surface area contributed by atoms with Gasteiger partial charge in [0.2, 0.25) is 0 Å². The summed E-state index contributed by atoms with van der Waals surface area (Å²) in [5.74, 6) is 0.424. The Bertz CT molecular complexity index is 700. The Morgan fingerprint density at radius 2 is 1.71 bits per heavy atom. The van der Waals surface area contributed by atoms with Crippen LogP contribution >= 0.6 is 0 Å². The highest BCUT2D eigenvalue weighted by molar-refractivity contribution is 6.74. The summed E-state index contributed by atoms with van der Waals surface area (Å²) in [5, 5.41) is 8.90. The minimum absolute atomic E-state index is 0.154. The van der Waals surface area contributed by atoms with Crippen molar-refractivity contribution in [1.82, 2.24) is 0 Å². The summed E-state index contributed by atoms with van der Waals surface area (Å²) in [5.41, 5.74) is 1.12. The van der Waals surface area contributed by atoms with Gasteiger partial charge in [0.05, 0.1) is 6.10 Å². The standard InChI is InChI=1S/C16H34OSi.C14H20O2/c1-10-11-12-13-14(15(2,3)4)17-18(8,9)16(5,6)7;1-2-13-12(9-10-14(13)16)8-6-4-3-5-7-11-15/h11-12,14H,10,13H2,1-9H3;2,4,6,9-10,12,15H,3,5,7-8,11H2,1H3/b12-11-;6-4-,13-2+/t14-;12-/m00/s1. The molecule has 196 valence electrons. The maximum absolute atomic E-state index is 11.4. The fraction of sp³-hybridized carbons (Fsp3) is 0.700. The highest BCUT2D eigenvalue weighted by Crippen LogP contribution is 2.40. The molecule has 0 aromatic rings. The van der Waals surface area contributed by atoms with Gasteiger partial charge in [0.25, 0.3) is 0 Å². The Kier molecular flexibility index (Phi) is 15.1. The van der Waals surface area contributed by atoms with Crippen molar-refractivity contribution in [3.8, 4) is 0 Å². The third-order valence-corrected chi connectivity index (χ3v) is 11.3. The third-order valence-electron chi connectivity index (χ3n) is 6.77. The lowest BCUT2D eigenvalue weighted by Crippen LogP contribution is -2.47. The van der Waals surface area contributed by atoms with Crippen LogP contribution in [0.2, 0.25) is 18.1 Å². The Hall–Kier alpha value is -1.23. The number of hydrogen-bond donors (Lipinski definition) is 1. The monoisotopic (exact) mass is 490 g/mol. The van der Waals surface area contributed by atoms with E-state index in [1.54, 1.807) is 6.08 Å². The summed E-state index contributed by atoms with van der Waals surface area (Å²) in [6, 6.07) is 0. The maximum Gasteiger partial charge on any atom is 0.192 e. The quantitative estimate of drug-likeness (QED) is 0.136. The molecule has 0 unspecified atom stereocenters. The van der Waals surface area contributed by atoms with Gasteiger partial charge in [0.1, 0.15) is 0 Å². The van der Waals surface area contributed by atoms with Crippen LogP contribution in [0.3, 0.4) is 0 Å². The van der Waals surface area contributed by atoms with E-state index >= 15 is 0 Å². The SMILES string of the molecule is C/C=C1/C(=O)C=C[C@@H]1C/C=C\CCCCO.CC/C=C\C[C@H](O[Si](C)(C)C(C)(C)C)C(C)(C)C. The molecule has 1 aliphatic rings. The number of hydrogen-bond acceptors (Lipinski definition) is 3. The van der Waals surface area contributed by atoms with Gasteiger partial charge < -0.3 is 9.53 Å². The molecule has 0 fully saturated rings. The molecule has 0 heterocycles. The molecule has 3 nitrogen and oxygen atoms in total. The lowest BCUT2D eigenvalue weighted by molar-refractivity contribution is -0.111. The van der Waals surface area contributed by atoms with Gasteiger partial charge in [-0.1, -0.05) is 84.9 Å². The first-order chi connectivity index (χ1) is 15.7. The summed E-state index contributed by atoms with van der Waals surface area (Å²) in [6.07, 6.45) is 20.6. The zero-order valence-electron chi connectivity index (χ0n) is 23.9. The van der Waals surface area contributed by atoms with E-state index < -0.39 is 8.32 Å². The van der Waals surface area contributed by atoms with Gasteiger partial charge >= 0.3 is 0 Å². The Morgan fingerprint density at radius 3 is 2.21 bits per heavy atom. The molecular weight excluding hydrogens is 436 g/mol. The summed E-state index contributed by atoms with van der Waals surface area (Å²) >= 11 is 0. The fourth-order valence-electron chi connectivity index (χ4n) is 3.38. The molecule has 0 saturated carbocycles. The Morgan fingerprint density at radius 1 is 1.06 bits per heavy atom. The van der Waals surface area contributed by atoms with E-state index in [1.165, 1.54) is 0 Å². The van der Waals surface area contributed by atoms with E-state index in [9.17, 15) is 4.79 Å². The van der Waals surface area contributed by atoms with Crippen molar-refractivity contribution in [2.24, 2.45) is 11.3 Å². The minimum Gasteiger partial charge on any atom is -0.413 e. The molecule has 0 spiro atoms. The number of allylic oxidation sites excluding steroid dienone is 7. The molecular formula is C30H54O3Si. The summed E-state index contributed by atoms with van der Waals surface area (Å²) < 4.78 is 6.60. The number of rotatable bonds is 11. The van der Waals surface area contributed by atoms with Crippen LogP contribution in [0, 0.1) is 11.3 Å². The Balaban J connectivity index is 0.000000644. The van der Waals surface area contributed by atoms with Crippen molar-refractivity contribution in [3.05, 3.63) is 48.1 Å². The van der Waals surface area contributed by atoms with Gasteiger partial charge in [-0.25, -0.2) is 0 Å². The second kappa shape index (κ2) is 15.7. The zero-order chi connectivity index (χ0) is 26.4. The number of carbonyl (C=O) groups is 1. The molecule has 0 aromatic heterocycles. The first-order valence-electron chi connectivity index (χ1n) is 13.2. The van der Waals surface area contributed by atoms with Crippen LogP contribution in [-0.2, 0) is 9.22 Å². The number of aliphatic hydroxyl groups is 1. The molecule has 2 atom stereocenters. The van der Waals surface area contributed by atoms with Crippen LogP contribution < -0.4 is 0 Å². The maximum atomic E-state index is 11.4. The molecule has 0 aliphatic heterocycles. The number of unbranched alkanes of at least 4 members (excludes halogenated alkanes) is 2. The van der Waals surface area contributed by atoms with Crippen molar-refractivity contribution in [1.29, 1.82) is 0 Å². The van der Waals surface area contributed by atoms with Crippen molar-refractivity contribution in [2.45, 2.75) is 118 Å². The largest absolute Gasteiger partial charge is 0.413 e. The summed E-state index contributed by atoms with van der Waals surface area (Å²) in [7, 11) is -1.67. The first-order valence-corrected chi connectivity index (χ1v) is 16.1. The second-order valence-corrected chi connectivity index (χ2v) is 16.6. The van der Waals surface area contributed by atoms with Crippen molar-refractivity contribution < 1.29 is 14.3 Å². The molecule has 0 aromatic carbocycles. The van der Waals surface area contributed by atoms with Crippen LogP contribution in [0.4, 0.5) is 0 Å². The summed E-state index contributed by atoms with van der Waals surface area (Å²) in [4.78, 5) is 11.4. The molecule has 1 N–H and O–H groups in total. The topological polar surface area (TPSA) is 46.5 Å². The second-order valence-electron chi connectivity index (χ2n) is 11.8. The smallest absolute Gasteiger partial charge is 0.192 e. The van der Waals surface area contributed by atoms with Crippen LogP contribution in [-0.4, -0.2) is 31.9 Å². The highest BCUT2D eigenvalue weighted by Gasteiger charge is 2.41. The van der Waals surface area contributed by atoms with Gasteiger partial charge in [0, 0.05) is 18.1 Å². The predicted molar refractivity (Wildman–Crippen MR) is 152 cm³/mol. The van der Waals surface area contributed by atoms with Gasteiger partial charge in [-0.3, -0.25) is 4.79 Å².